The van der Waals surface area contributed by atoms with Gasteiger partial charge in [0.1, 0.15) is 0 Å². The Bertz CT molecular complexity index is 944. The zero-order valence-electron chi connectivity index (χ0n) is 13.8. The van der Waals surface area contributed by atoms with Crippen molar-refractivity contribution in [3.8, 4) is 11.1 Å². The summed E-state index contributed by atoms with van der Waals surface area (Å²) in [5, 5.41) is 7.80. The molecule has 1 aliphatic carbocycles. The van der Waals surface area contributed by atoms with Crippen LogP contribution in [0.2, 0.25) is 0 Å². The minimum absolute atomic E-state index is 0.216. The van der Waals surface area contributed by atoms with Gasteiger partial charge in [0.05, 0.1) is 11.2 Å². The molecular weight excluding hydrogens is 318 g/mol. The molecule has 1 aliphatic rings. The van der Waals surface area contributed by atoms with E-state index in [1.165, 1.54) is 12.8 Å². The molecule has 5 N–H and O–H groups in total. The SMILES string of the molecule is CC(Nc1cc(C(N)=O)nn2cc(-c3cnc(N)nc3)cc12)C1CC1. The monoisotopic (exact) mass is 337 g/mol. The minimum Gasteiger partial charge on any atom is -0.381 e. The van der Waals surface area contributed by atoms with Crippen molar-refractivity contribution in [1.29, 1.82) is 0 Å². The Labute approximate surface area is 144 Å². The van der Waals surface area contributed by atoms with Crippen LogP contribution in [0, 0.1) is 5.92 Å². The Morgan fingerprint density at radius 2 is 2.00 bits per heavy atom. The largest absolute Gasteiger partial charge is 0.381 e. The standard InChI is InChI=1S/C17H19N7O/c1-9(10-2-3-10)22-13-5-14(16(18)25)23-24-8-11(4-15(13)24)12-6-20-17(19)21-7-12/h4-10,22H,2-3H2,1H3,(H2,18,25)(H2,19,20,21). The van der Waals surface area contributed by atoms with Gasteiger partial charge in [-0.3, -0.25) is 4.79 Å². The molecule has 128 valence electrons. The molecule has 0 spiro atoms. The average Bonchev–Trinajstić information content (AvgIpc) is 3.34. The number of hydrogen-bond donors (Lipinski definition) is 3. The zero-order valence-corrected chi connectivity index (χ0v) is 13.8. The molecule has 0 saturated heterocycles. The Hall–Kier alpha value is -3.16. The lowest BCUT2D eigenvalue weighted by Crippen LogP contribution is -2.20. The van der Waals surface area contributed by atoms with Gasteiger partial charge in [0.25, 0.3) is 5.91 Å². The van der Waals surface area contributed by atoms with Gasteiger partial charge < -0.3 is 16.8 Å². The van der Waals surface area contributed by atoms with Crippen molar-refractivity contribution in [2.75, 3.05) is 11.1 Å². The maximum absolute atomic E-state index is 11.6. The molecule has 1 amide bonds. The summed E-state index contributed by atoms with van der Waals surface area (Å²) in [5.74, 6) is 0.336. The number of amides is 1. The summed E-state index contributed by atoms with van der Waals surface area (Å²) < 4.78 is 1.66. The third-order valence-corrected chi connectivity index (χ3v) is 4.54. The van der Waals surface area contributed by atoms with Crippen LogP contribution in [0.3, 0.4) is 0 Å². The Morgan fingerprint density at radius 1 is 1.28 bits per heavy atom. The van der Waals surface area contributed by atoms with E-state index in [4.69, 9.17) is 11.5 Å². The lowest BCUT2D eigenvalue weighted by atomic mass is 10.1. The smallest absolute Gasteiger partial charge is 0.269 e. The van der Waals surface area contributed by atoms with Crippen molar-refractivity contribution in [3.05, 3.63) is 36.4 Å². The number of fused-ring (bicyclic) bond motifs is 1. The Kier molecular flexibility index (Phi) is 3.52. The minimum atomic E-state index is -0.560. The van der Waals surface area contributed by atoms with Gasteiger partial charge in [0, 0.05) is 35.8 Å². The number of rotatable bonds is 5. The summed E-state index contributed by atoms with van der Waals surface area (Å²) in [4.78, 5) is 19.7. The van der Waals surface area contributed by atoms with Crippen LogP contribution in [0.15, 0.2) is 30.7 Å². The molecule has 3 heterocycles. The molecule has 8 nitrogen and oxygen atoms in total. The predicted octanol–water partition coefficient (Wildman–Crippen LogP) is 1.68. The van der Waals surface area contributed by atoms with Gasteiger partial charge in [-0.1, -0.05) is 0 Å². The number of anilines is 2. The second kappa shape index (κ2) is 5.73. The second-order valence-corrected chi connectivity index (χ2v) is 6.47. The number of hydrogen-bond acceptors (Lipinski definition) is 6. The maximum Gasteiger partial charge on any atom is 0.269 e. The lowest BCUT2D eigenvalue weighted by molar-refractivity contribution is 0.0994. The van der Waals surface area contributed by atoms with Gasteiger partial charge in [-0.15, -0.1) is 0 Å². The van der Waals surface area contributed by atoms with Crippen molar-refractivity contribution in [2.24, 2.45) is 11.7 Å². The first kappa shape index (κ1) is 15.4. The van der Waals surface area contributed by atoms with Crippen LogP contribution in [0.4, 0.5) is 11.6 Å². The molecule has 25 heavy (non-hydrogen) atoms. The van der Waals surface area contributed by atoms with Crippen molar-refractivity contribution in [3.63, 3.8) is 0 Å². The van der Waals surface area contributed by atoms with Crippen molar-refractivity contribution in [2.45, 2.75) is 25.8 Å². The van der Waals surface area contributed by atoms with Crippen molar-refractivity contribution in [1.82, 2.24) is 19.6 Å². The van der Waals surface area contributed by atoms with Crippen LogP contribution in [0.1, 0.15) is 30.3 Å². The maximum atomic E-state index is 11.6. The average molecular weight is 337 g/mol. The summed E-state index contributed by atoms with van der Waals surface area (Å²) in [6.45, 7) is 2.15. The van der Waals surface area contributed by atoms with E-state index in [0.29, 0.717) is 12.0 Å². The summed E-state index contributed by atoms with van der Waals surface area (Å²) in [6.07, 6.45) is 7.60. The number of nitrogens with two attached hydrogens (primary N) is 2. The molecule has 4 rings (SSSR count). The second-order valence-electron chi connectivity index (χ2n) is 6.47. The first-order valence-corrected chi connectivity index (χ1v) is 8.19. The third-order valence-electron chi connectivity index (χ3n) is 4.54. The molecule has 8 heteroatoms. The van der Waals surface area contributed by atoms with Gasteiger partial charge in [-0.05, 0) is 37.8 Å². The normalized spacial score (nSPS) is 15.2. The van der Waals surface area contributed by atoms with Crippen LogP contribution in [-0.2, 0) is 0 Å². The summed E-state index contributed by atoms with van der Waals surface area (Å²) in [6, 6.07) is 4.01. The number of carbonyl (C=O) groups excluding carboxylic acids is 1. The molecule has 1 atom stereocenters. The molecule has 0 aliphatic heterocycles. The van der Waals surface area contributed by atoms with Gasteiger partial charge in [0.2, 0.25) is 5.95 Å². The van der Waals surface area contributed by atoms with Crippen molar-refractivity contribution >= 4 is 23.1 Å². The van der Waals surface area contributed by atoms with Crippen LogP contribution >= 0.6 is 0 Å². The number of aromatic nitrogens is 4. The highest BCUT2D eigenvalue weighted by atomic mass is 16.1. The first-order chi connectivity index (χ1) is 12.0. The number of primary amides is 1. The molecule has 0 radical (unpaired) electrons. The molecule has 3 aromatic rings. The highest BCUT2D eigenvalue weighted by Crippen LogP contribution is 2.35. The van der Waals surface area contributed by atoms with Crippen LogP contribution < -0.4 is 16.8 Å². The van der Waals surface area contributed by atoms with Crippen molar-refractivity contribution < 1.29 is 4.79 Å². The molecular formula is C17H19N7O. The number of carbonyl (C=O) groups is 1. The van der Waals surface area contributed by atoms with E-state index in [-0.39, 0.29) is 11.6 Å². The molecule has 1 unspecified atom stereocenters. The number of nitrogens with one attached hydrogen (secondary N) is 1. The molecule has 1 fully saturated rings. The zero-order chi connectivity index (χ0) is 17.6. The van der Waals surface area contributed by atoms with E-state index in [2.05, 4.69) is 27.3 Å². The molecule has 0 bridgehead atoms. The molecule has 0 aromatic carbocycles. The van der Waals surface area contributed by atoms with E-state index >= 15 is 0 Å². The van der Waals surface area contributed by atoms with Crippen LogP contribution in [-0.4, -0.2) is 31.5 Å². The molecule has 3 aromatic heterocycles. The Morgan fingerprint density at radius 3 is 2.64 bits per heavy atom. The quantitative estimate of drug-likeness (QED) is 0.650. The van der Waals surface area contributed by atoms with Gasteiger partial charge in [0.15, 0.2) is 5.69 Å². The van der Waals surface area contributed by atoms with Gasteiger partial charge in [-0.25, -0.2) is 14.5 Å². The fourth-order valence-electron chi connectivity index (χ4n) is 2.93. The van der Waals surface area contributed by atoms with Crippen LogP contribution in [0.5, 0.6) is 0 Å². The Balaban J connectivity index is 1.80. The fourth-order valence-corrected chi connectivity index (χ4v) is 2.93. The predicted molar refractivity (Wildman–Crippen MR) is 95.0 cm³/mol. The number of nitrogen functional groups attached to an aromatic ring is 1. The summed E-state index contributed by atoms with van der Waals surface area (Å²) in [5.41, 5.74) is 14.6. The highest BCUT2D eigenvalue weighted by Gasteiger charge is 2.28. The highest BCUT2D eigenvalue weighted by molar-refractivity contribution is 5.93. The topological polar surface area (TPSA) is 124 Å². The third kappa shape index (κ3) is 2.98. The van der Waals surface area contributed by atoms with E-state index < -0.39 is 5.91 Å². The van der Waals surface area contributed by atoms with Gasteiger partial charge in [-0.2, -0.15) is 5.10 Å². The lowest BCUT2D eigenvalue weighted by Gasteiger charge is -2.15. The van der Waals surface area contributed by atoms with E-state index in [1.54, 1.807) is 23.0 Å². The molecule has 1 saturated carbocycles. The summed E-state index contributed by atoms with van der Waals surface area (Å²) >= 11 is 0. The first-order valence-electron chi connectivity index (χ1n) is 8.19. The number of nitrogens with zero attached hydrogens (tertiary/aromatic N) is 4. The van der Waals surface area contributed by atoms with Crippen LogP contribution in [0.25, 0.3) is 16.6 Å². The van der Waals surface area contributed by atoms with E-state index in [9.17, 15) is 4.79 Å². The fraction of sp³-hybridized carbons (Fsp3) is 0.294. The van der Waals surface area contributed by atoms with E-state index in [0.717, 1.165) is 22.3 Å². The van der Waals surface area contributed by atoms with E-state index in [1.807, 2.05) is 12.3 Å². The summed E-state index contributed by atoms with van der Waals surface area (Å²) in [7, 11) is 0. The van der Waals surface area contributed by atoms with Gasteiger partial charge >= 0.3 is 0 Å².